The molecule has 104 valence electrons. The number of nitrogens with one attached hydrogen (secondary N) is 1. The Balaban J connectivity index is 1.82. The van der Waals surface area contributed by atoms with Crippen LogP contribution < -0.4 is 11.1 Å². The largest absolute Gasteiger partial charge is 0.361 e. The summed E-state index contributed by atoms with van der Waals surface area (Å²) in [5, 5.41) is 3.09. The smallest absolute Gasteiger partial charge is 0.249 e. The second-order valence-electron chi connectivity index (χ2n) is 5.84. The average molecular weight is 254 g/mol. The predicted octanol–water partition coefficient (Wildman–Crippen LogP) is 1.72. The van der Waals surface area contributed by atoms with E-state index < -0.39 is 0 Å². The summed E-state index contributed by atoms with van der Waals surface area (Å²) in [6, 6.07) is 0.362. The van der Waals surface area contributed by atoms with Gasteiger partial charge in [0, 0.05) is 12.6 Å². The zero-order valence-corrected chi connectivity index (χ0v) is 11.4. The van der Waals surface area contributed by atoms with Crippen LogP contribution in [0, 0.1) is 0 Å². The van der Waals surface area contributed by atoms with Crippen molar-refractivity contribution in [2.75, 3.05) is 6.54 Å². The van der Waals surface area contributed by atoms with Gasteiger partial charge in [-0.25, -0.2) is 0 Å². The third-order valence-corrected chi connectivity index (χ3v) is 4.38. The summed E-state index contributed by atoms with van der Waals surface area (Å²) in [5.41, 5.74) is 5.58. The molecule has 0 saturated heterocycles. The van der Waals surface area contributed by atoms with Crippen molar-refractivity contribution in [3.63, 3.8) is 0 Å². The molecular formula is C14H26N2O2. The lowest BCUT2D eigenvalue weighted by Crippen LogP contribution is -2.47. The third kappa shape index (κ3) is 3.23. The summed E-state index contributed by atoms with van der Waals surface area (Å²) < 4.78 is 5.98. The van der Waals surface area contributed by atoms with Crippen molar-refractivity contribution in [3.05, 3.63) is 0 Å². The maximum absolute atomic E-state index is 12.1. The first-order chi connectivity index (χ1) is 8.65. The summed E-state index contributed by atoms with van der Waals surface area (Å²) in [6.45, 7) is 2.37. The topological polar surface area (TPSA) is 64.3 Å². The van der Waals surface area contributed by atoms with E-state index in [4.69, 9.17) is 10.5 Å². The fourth-order valence-electron chi connectivity index (χ4n) is 3.21. The minimum Gasteiger partial charge on any atom is -0.361 e. The Morgan fingerprint density at radius 1 is 1.33 bits per heavy atom. The quantitative estimate of drug-likeness (QED) is 0.785. The van der Waals surface area contributed by atoms with Gasteiger partial charge in [-0.3, -0.25) is 4.79 Å². The molecule has 0 aromatic carbocycles. The summed E-state index contributed by atoms with van der Waals surface area (Å²) in [6.07, 6.45) is 8.60. The van der Waals surface area contributed by atoms with Crippen molar-refractivity contribution in [2.24, 2.45) is 5.73 Å². The lowest BCUT2D eigenvalue weighted by atomic mass is 10.0. The highest BCUT2D eigenvalue weighted by Gasteiger charge is 2.36. The first-order valence-corrected chi connectivity index (χ1v) is 7.33. The van der Waals surface area contributed by atoms with E-state index in [1.807, 2.05) is 6.92 Å². The van der Waals surface area contributed by atoms with Crippen LogP contribution in [0.2, 0.25) is 0 Å². The number of rotatable bonds is 5. The van der Waals surface area contributed by atoms with Gasteiger partial charge in [0.05, 0.1) is 5.60 Å². The van der Waals surface area contributed by atoms with Crippen molar-refractivity contribution in [1.29, 1.82) is 0 Å². The molecule has 0 heterocycles. The van der Waals surface area contributed by atoms with Gasteiger partial charge in [0.25, 0.3) is 0 Å². The highest BCUT2D eigenvalue weighted by atomic mass is 16.5. The Bertz CT molecular complexity index is 282. The zero-order valence-electron chi connectivity index (χ0n) is 11.4. The molecule has 0 aromatic heterocycles. The summed E-state index contributed by atoms with van der Waals surface area (Å²) in [7, 11) is 0. The van der Waals surface area contributed by atoms with Crippen molar-refractivity contribution >= 4 is 5.91 Å². The second-order valence-corrected chi connectivity index (χ2v) is 5.84. The second kappa shape index (κ2) is 6.02. The van der Waals surface area contributed by atoms with Crippen LogP contribution in [0.1, 0.15) is 58.3 Å². The van der Waals surface area contributed by atoms with E-state index >= 15 is 0 Å². The molecule has 2 aliphatic carbocycles. The van der Waals surface area contributed by atoms with Gasteiger partial charge >= 0.3 is 0 Å². The Labute approximate surface area is 110 Å². The lowest BCUT2D eigenvalue weighted by molar-refractivity contribution is -0.144. The van der Waals surface area contributed by atoms with Crippen molar-refractivity contribution in [2.45, 2.75) is 76.0 Å². The molecule has 18 heavy (non-hydrogen) atoms. The number of amides is 1. The van der Waals surface area contributed by atoms with Crippen LogP contribution in [-0.4, -0.2) is 30.2 Å². The van der Waals surface area contributed by atoms with E-state index in [1.165, 1.54) is 12.8 Å². The maximum atomic E-state index is 12.1. The summed E-state index contributed by atoms with van der Waals surface area (Å²) in [4.78, 5) is 12.1. The minimum absolute atomic E-state index is 0.0293. The molecule has 1 amide bonds. The van der Waals surface area contributed by atoms with Crippen LogP contribution in [0.15, 0.2) is 0 Å². The van der Waals surface area contributed by atoms with Gasteiger partial charge in [-0.15, -0.1) is 0 Å². The Morgan fingerprint density at radius 2 is 1.94 bits per heavy atom. The molecule has 1 unspecified atom stereocenters. The highest BCUT2D eigenvalue weighted by Crippen LogP contribution is 2.33. The molecule has 2 rings (SSSR count). The number of hydrogen-bond donors (Lipinski definition) is 2. The number of hydrogen-bond acceptors (Lipinski definition) is 3. The molecule has 4 nitrogen and oxygen atoms in total. The van der Waals surface area contributed by atoms with Crippen LogP contribution in [0.5, 0.6) is 0 Å². The fraction of sp³-hybridized carbons (Fsp3) is 0.929. The first-order valence-electron chi connectivity index (χ1n) is 7.33. The number of ether oxygens (including phenoxy) is 1. The Morgan fingerprint density at radius 3 is 2.50 bits per heavy atom. The normalized spacial score (nSPS) is 25.2. The molecule has 2 aliphatic rings. The van der Waals surface area contributed by atoms with Gasteiger partial charge in [-0.2, -0.15) is 0 Å². The van der Waals surface area contributed by atoms with Gasteiger partial charge in [0.1, 0.15) is 6.10 Å². The third-order valence-electron chi connectivity index (χ3n) is 4.38. The molecule has 0 bridgehead atoms. The molecule has 3 N–H and O–H groups in total. The fourth-order valence-corrected chi connectivity index (χ4v) is 3.21. The van der Waals surface area contributed by atoms with E-state index in [-0.39, 0.29) is 17.6 Å². The first kappa shape index (κ1) is 13.8. The van der Waals surface area contributed by atoms with Crippen LogP contribution >= 0.6 is 0 Å². The van der Waals surface area contributed by atoms with Crippen LogP contribution in [0.3, 0.4) is 0 Å². The minimum atomic E-state index is -0.382. The summed E-state index contributed by atoms with van der Waals surface area (Å²) >= 11 is 0. The van der Waals surface area contributed by atoms with Crippen LogP contribution in [0.4, 0.5) is 0 Å². The van der Waals surface area contributed by atoms with Gasteiger partial charge in [0.15, 0.2) is 0 Å². The van der Waals surface area contributed by atoms with Crippen molar-refractivity contribution in [3.8, 4) is 0 Å². The van der Waals surface area contributed by atoms with Gasteiger partial charge in [0.2, 0.25) is 5.91 Å². The Kier molecular flexibility index (Phi) is 4.62. The van der Waals surface area contributed by atoms with E-state index in [1.54, 1.807) is 0 Å². The highest BCUT2D eigenvalue weighted by molar-refractivity contribution is 5.80. The Hall–Kier alpha value is -0.610. The van der Waals surface area contributed by atoms with Gasteiger partial charge in [-0.1, -0.05) is 25.7 Å². The molecule has 2 fully saturated rings. The molecule has 1 atom stereocenters. The standard InChI is InChI=1S/C14H26N2O2/c1-11(13(17)16-12-6-2-3-7-12)18-14(10-15)8-4-5-9-14/h11-12H,2-10,15H2,1H3,(H,16,17). The molecular weight excluding hydrogens is 228 g/mol. The van der Waals surface area contributed by atoms with E-state index in [9.17, 15) is 4.79 Å². The molecule has 0 spiro atoms. The summed E-state index contributed by atoms with van der Waals surface area (Å²) in [5.74, 6) is 0.0293. The number of carbonyl (C=O) groups excluding carboxylic acids is 1. The molecule has 0 radical (unpaired) electrons. The monoisotopic (exact) mass is 254 g/mol. The van der Waals surface area contributed by atoms with Crippen LogP contribution in [-0.2, 0) is 9.53 Å². The average Bonchev–Trinajstić information content (AvgIpc) is 3.01. The van der Waals surface area contributed by atoms with E-state index in [0.717, 1.165) is 38.5 Å². The van der Waals surface area contributed by atoms with Crippen LogP contribution in [0.25, 0.3) is 0 Å². The SMILES string of the molecule is CC(OC1(CN)CCCC1)C(=O)NC1CCCC1. The molecule has 4 heteroatoms. The number of nitrogens with two attached hydrogens (primary N) is 1. The number of carbonyl (C=O) groups is 1. The molecule has 2 saturated carbocycles. The van der Waals surface area contributed by atoms with Gasteiger partial charge < -0.3 is 15.8 Å². The van der Waals surface area contributed by atoms with E-state index in [2.05, 4.69) is 5.32 Å². The predicted molar refractivity (Wildman–Crippen MR) is 71.2 cm³/mol. The maximum Gasteiger partial charge on any atom is 0.249 e. The van der Waals surface area contributed by atoms with E-state index in [0.29, 0.717) is 12.6 Å². The van der Waals surface area contributed by atoms with Crippen molar-refractivity contribution in [1.82, 2.24) is 5.32 Å². The molecule has 0 aromatic rings. The molecule has 0 aliphatic heterocycles. The lowest BCUT2D eigenvalue weighted by Gasteiger charge is -2.31. The van der Waals surface area contributed by atoms with Gasteiger partial charge in [-0.05, 0) is 32.6 Å². The van der Waals surface area contributed by atoms with Crippen molar-refractivity contribution < 1.29 is 9.53 Å². The zero-order chi connectivity index (χ0) is 13.0.